The second kappa shape index (κ2) is 6.59. The fourth-order valence-electron chi connectivity index (χ4n) is 1.92. The standard InChI is InChI=1S/C16H14ClFO3/c1-20-12-7-8-13(14(9-12)21-2)16(19)15(17)10-3-5-11(18)6-4-10/h3-9,15H,1-2H3. The number of ether oxygens (including phenoxy) is 2. The van der Waals surface area contributed by atoms with Gasteiger partial charge in [-0.15, -0.1) is 11.6 Å². The molecule has 0 amide bonds. The van der Waals surface area contributed by atoms with E-state index in [1.807, 2.05) is 0 Å². The maximum atomic E-state index is 12.9. The molecule has 0 fully saturated rings. The van der Waals surface area contributed by atoms with Crippen LogP contribution in [0.25, 0.3) is 0 Å². The summed E-state index contributed by atoms with van der Waals surface area (Å²) in [5, 5.41) is -0.909. The van der Waals surface area contributed by atoms with Crippen molar-refractivity contribution in [2.75, 3.05) is 14.2 Å². The lowest BCUT2D eigenvalue weighted by Crippen LogP contribution is -2.09. The first kappa shape index (κ1) is 15.3. The largest absolute Gasteiger partial charge is 0.497 e. The van der Waals surface area contributed by atoms with Crippen molar-refractivity contribution in [3.05, 3.63) is 59.4 Å². The summed E-state index contributed by atoms with van der Waals surface area (Å²) in [6, 6.07) is 10.4. The van der Waals surface area contributed by atoms with Crippen LogP contribution in [0.15, 0.2) is 42.5 Å². The Morgan fingerprint density at radius 2 is 1.76 bits per heavy atom. The van der Waals surface area contributed by atoms with Gasteiger partial charge in [0, 0.05) is 6.07 Å². The number of carbonyl (C=O) groups excluding carboxylic acids is 1. The summed E-state index contributed by atoms with van der Waals surface area (Å²) in [6.07, 6.45) is 0. The molecule has 3 nitrogen and oxygen atoms in total. The number of ketones is 1. The Kier molecular flexibility index (Phi) is 4.81. The van der Waals surface area contributed by atoms with Gasteiger partial charge in [0.2, 0.25) is 0 Å². The Hall–Kier alpha value is -2.07. The summed E-state index contributed by atoms with van der Waals surface area (Å²) in [4.78, 5) is 12.5. The molecule has 1 unspecified atom stereocenters. The van der Waals surface area contributed by atoms with Crippen LogP contribution in [0.1, 0.15) is 21.3 Å². The number of alkyl halides is 1. The van der Waals surface area contributed by atoms with Gasteiger partial charge in [0.1, 0.15) is 22.7 Å². The number of rotatable bonds is 5. The first-order chi connectivity index (χ1) is 10.1. The van der Waals surface area contributed by atoms with E-state index >= 15 is 0 Å². The van der Waals surface area contributed by atoms with Gasteiger partial charge < -0.3 is 9.47 Å². The van der Waals surface area contributed by atoms with Crippen LogP contribution < -0.4 is 9.47 Å². The lowest BCUT2D eigenvalue weighted by Gasteiger charge is -2.13. The van der Waals surface area contributed by atoms with E-state index in [2.05, 4.69) is 0 Å². The second-order valence-electron chi connectivity index (χ2n) is 4.34. The molecule has 0 spiro atoms. The molecule has 21 heavy (non-hydrogen) atoms. The zero-order valence-electron chi connectivity index (χ0n) is 11.6. The Morgan fingerprint density at radius 3 is 2.33 bits per heavy atom. The van der Waals surface area contributed by atoms with Crippen LogP contribution in [0.4, 0.5) is 4.39 Å². The molecule has 0 radical (unpaired) electrons. The molecule has 0 aliphatic heterocycles. The molecular weight excluding hydrogens is 295 g/mol. The first-order valence-electron chi connectivity index (χ1n) is 6.22. The van der Waals surface area contributed by atoms with Gasteiger partial charge in [-0.2, -0.15) is 0 Å². The van der Waals surface area contributed by atoms with Gasteiger partial charge in [0.05, 0.1) is 19.8 Å². The average molecular weight is 309 g/mol. The van der Waals surface area contributed by atoms with E-state index in [1.165, 1.54) is 38.5 Å². The predicted molar refractivity (Wildman–Crippen MR) is 78.9 cm³/mol. The summed E-state index contributed by atoms with van der Waals surface area (Å²) < 4.78 is 23.2. The summed E-state index contributed by atoms with van der Waals surface area (Å²) in [6.45, 7) is 0. The zero-order valence-corrected chi connectivity index (χ0v) is 12.4. The molecule has 0 saturated carbocycles. The van der Waals surface area contributed by atoms with Crippen LogP contribution in [-0.4, -0.2) is 20.0 Å². The van der Waals surface area contributed by atoms with Crippen molar-refractivity contribution >= 4 is 17.4 Å². The number of hydrogen-bond donors (Lipinski definition) is 0. The predicted octanol–water partition coefficient (Wildman–Crippen LogP) is 4.01. The fourth-order valence-corrected chi connectivity index (χ4v) is 2.18. The highest BCUT2D eigenvalue weighted by molar-refractivity contribution is 6.34. The molecule has 5 heteroatoms. The van der Waals surface area contributed by atoms with E-state index in [0.29, 0.717) is 22.6 Å². The van der Waals surface area contributed by atoms with E-state index in [4.69, 9.17) is 21.1 Å². The first-order valence-corrected chi connectivity index (χ1v) is 6.66. The molecule has 2 aromatic rings. The van der Waals surface area contributed by atoms with Crippen molar-refractivity contribution in [3.8, 4) is 11.5 Å². The number of Topliss-reactive ketones (excluding diaryl/α,β-unsaturated/α-hetero) is 1. The third-order valence-electron chi connectivity index (χ3n) is 3.07. The number of benzene rings is 2. The summed E-state index contributed by atoms with van der Waals surface area (Å²) in [5.41, 5.74) is 0.878. The minimum absolute atomic E-state index is 0.317. The molecule has 110 valence electrons. The highest BCUT2D eigenvalue weighted by Crippen LogP contribution is 2.31. The summed E-state index contributed by atoms with van der Waals surface area (Å²) in [7, 11) is 2.99. The molecule has 0 saturated heterocycles. The minimum atomic E-state index is -0.909. The topological polar surface area (TPSA) is 35.5 Å². The molecule has 0 aromatic heterocycles. The van der Waals surface area contributed by atoms with Gasteiger partial charge in [0.15, 0.2) is 5.78 Å². The molecule has 1 atom stereocenters. The van der Waals surface area contributed by atoms with E-state index in [1.54, 1.807) is 18.2 Å². The quantitative estimate of drug-likeness (QED) is 0.618. The molecule has 0 heterocycles. The van der Waals surface area contributed by atoms with Crippen molar-refractivity contribution < 1.29 is 18.7 Å². The summed E-state index contributed by atoms with van der Waals surface area (Å²) in [5.74, 6) is 0.267. The van der Waals surface area contributed by atoms with Crippen molar-refractivity contribution in [2.45, 2.75) is 5.38 Å². The normalized spacial score (nSPS) is 11.8. The number of methoxy groups -OCH3 is 2. The van der Waals surface area contributed by atoms with Gasteiger partial charge in [-0.3, -0.25) is 4.79 Å². The van der Waals surface area contributed by atoms with Crippen LogP contribution >= 0.6 is 11.6 Å². The van der Waals surface area contributed by atoms with Crippen LogP contribution in [0.2, 0.25) is 0 Å². The monoisotopic (exact) mass is 308 g/mol. The Morgan fingerprint density at radius 1 is 1.10 bits per heavy atom. The highest BCUT2D eigenvalue weighted by atomic mass is 35.5. The van der Waals surface area contributed by atoms with Crippen molar-refractivity contribution in [3.63, 3.8) is 0 Å². The maximum absolute atomic E-state index is 12.9. The van der Waals surface area contributed by atoms with E-state index < -0.39 is 5.38 Å². The lowest BCUT2D eigenvalue weighted by atomic mass is 10.0. The molecule has 2 aromatic carbocycles. The highest BCUT2D eigenvalue weighted by Gasteiger charge is 2.23. The average Bonchev–Trinajstić information content (AvgIpc) is 2.53. The Labute approximate surface area is 127 Å². The van der Waals surface area contributed by atoms with E-state index in [9.17, 15) is 9.18 Å². The molecule has 0 N–H and O–H groups in total. The number of halogens is 2. The summed E-state index contributed by atoms with van der Waals surface area (Å²) >= 11 is 6.19. The fraction of sp³-hybridized carbons (Fsp3) is 0.188. The van der Waals surface area contributed by atoms with E-state index in [-0.39, 0.29) is 11.6 Å². The minimum Gasteiger partial charge on any atom is -0.497 e. The third kappa shape index (κ3) is 3.34. The van der Waals surface area contributed by atoms with Gasteiger partial charge in [0.25, 0.3) is 0 Å². The SMILES string of the molecule is COc1ccc(C(=O)C(Cl)c2ccc(F)cc2)c(OC)c1. The van der Waals surface area contributed by atoms with Crippen LogP contribution in [0.5, 0.6) is 11.5 Å². The molecule has 0 bridgehead atoms. The van der Waals surface area contributed by atoms with Gasteiger partial charge in [-0.25, -0.2) is 4.39 Å². The van der Waals surface area contributed by atoms with Crippen molar-refractivity contribution in [2.24, 2.45) is 0 Å². The van der Waals surface area contributed by atoms with Crippen LogP contribution in [-0.2, 0) is 0 Å². The zero-order chi connectivity index (χ0) is 15.4. The maximum Gasteiger partial charge on any atom is 0.188 e. The van der Waals surface area contributed by atoms with E-state index in [0.717, 1.165) is 0 Å². The molecular formula is C16H14ClFO3. The number of hydrogen-bond acceptors (Lipinski definition) is 3. The smallest absolute Gasteiger partial charge is 0.188 e. The van der Waals surface area contributed by atoms with Gasteiger partial charge in [-0.1, -0.05) is 12.1 Å². The molecule has 0 aliphatic rings. The Balaban J connectivity index is 2.32. The van der Waals surface area contributed by atoms with Gasteiger partial charge in [-0.05, 0) is 29.8 Å². The van der Waals surface area contributed by atoms with Gasteiger partial charge >= 0.3 is 0 Å². The third-order valence-corrected chi connectivity index (χ3v) is 3.52. The Bertz CT molecular complexity index is 640. The van der Waals surface area contributed by atoms with Crippen LogP contribution in [0, 0.1) is 5.82 Å². The van der Waals surface area contributed by atoms with Crippen molar-refractivity contribution in [1.29, 1.82) is 0 Å². The molecule has 0 aliphatic carbocycles. The number of carbonyl (C=O) groups is 1. The molecule has 2 rings (SSSR count). The lowest BCUT2D eigenvalue weighted by molar-refractivity contribution is 0.0984. The van der Waals surface area contributed by atoms with Crippen LogP contribution in [0.3, 0.4) is 0 Å². The van der Waals surface area contributed by atoms with Crippen molar-refractivity contribution in [1.82, 2.24) is 0 Å². The second-order valence-corrected chi connectivity index (χ2v) is 4.78.